The fourth-order valence-electron chi connectivity index (χ4n) is 3.40. The van der Waals surface area contributed by atoms with Gasteiger partial charge in [-0.3, -0.25) is 5.43 Å². The van der Waals surface area contributed by atoms with Crippen molar-refractivity contribution in [1.29, 1.82) is 0 Å². The zero-order valence-corrected chi connectivity index (χ0v) is 15.9. The molecule has 7 nitrogen and oxygen atoms in total. The number of hydrazone groups is 2. The molecule has 0 unspecified atom stereocenters. The number of nitrogens with two attached hydrogens (primary N) is 1. The summed E-state index contributed by atoms with van der Waals surface area (Å²) in [7, 11) is 0. The minimum absolute atomic E-state index is 0.757. The van der Waals surface area contributed by atoms with E-state index in [1.165, 1.54) is 0 Å². The van der Waals surface area contributed by atoms with Gasteiger partial charge in [0.2, 0.25) is 5.17 Å². The summed E-state index contributed by atoms with van der Waals surface area (Å²) in [5, 5.41) is 13.1. The van der Waals surface area contributed by atoms with E-state index in [0.29, 0.717) is 0 Å². The van der Waals surface area contributed by atoms with Crippen LogP contribution < -0.4 is 22.0 Å². The molecule has 27 heavy (non-hydrogen) atoms. The number of hydrogen-bond acceptors (Lipinski definition) is 7. The van der Waals surface area contributed by atoms with Crippen LogP contribution in [0.4, 0.5) is 5.69 Å². The molecule has 5 rings (SSSR count). The lowest BCUT2D eigenvalue weighted by molar-refractivity contribution is 0.614. The number of allylic oxidation sites excluding steroid dienone is 2. The van der Waals surface area contributed by atoms with Crippen molar-refractivity contribution in [3.63, 3.8) is 0 Å². The van der Waals surface area contributed by atoms with E-state index in [1.54, 1.807) is 11.8 Å². The monoisotopic (exact) mass is 377 g/mol. The van der Waals surface area contributed by atoms with Crippen LogP contribution >= 0.6 is 11.8 Å². The number of amidine groups is 1. The largest absolute Gasteiger partial charge is 0.398 e. The summed E-state index contributed by atoms with van der Waals surface area (Å²) < 4.78 is 2.18. The summed E-state index contributed by atoms with van der Waals surface area (Å²) in [5.74, 6) is 1.60. The molecule has 0 radical (unpaired) electrons. The highest BCUT2D eigenvalue weighted by molar-refractivity contribution is 8.14. The van der Waals surface area contributed by atoms with Crippen LogP contribution in [0, 0.1) is 13.8 Å². The minimum atomic E-state index is 0.757. The first-order valence-electron chi connectivity index (χ1n) is 8.77. The first kappa shape index (κ1) is 16.2. The quantitative estimate of drug-likeness (QED) is 0.719. The van der Waals surface area contributed by atoms with E-state index in [4.69, 9.17) is 10.8 Å². The van der Waals surface area contributed by atoms with E-state index in [-0.39, 0.29) is 0 Å². The topological polar surface area (TPSA) is 83.8 Å². The summed E-state index contributed by atoms with van der Waals surface area (Å²) in [4.78, 5) is 4.68. The molecule has 0 atom stereocenters. The van der Waals surface area contributed by atoms with Gasteiger partial charge in [0.05, 0.1) is 11.4 Å². The molecule has 0 fully saturated rings. The third-order valence-corrected chi connectivity index (χ3v) is 5.83. The molecule has 1 aromatic heterocycles. The van der Waals surface area contributed by atoms with E-state index in [1.807, 2.05) is 43.1 Å². The normalized spacial score (nSPS) is 19.7. The maximum absolute atomic E-state index is 6.10. The van der Waals surface area contributed by atoms with Crippen molar-refractivity contribution >= 4 is 40.2 Å². The summed E-state index contributed by atoms with van der Waals surface area (Å²) in [6, 6.07) is 6.10. The van der Waals surface area contributed by atoms with Crippen molar-refractivity contribution in [3.8, 4) is 0 Å². The number of aryl methyl sites for hydroxylation is 2. The number of nitrogens with one attached hydrogen (secondary N) is 1. The third kappa shape index (κ3) is 2.56. The predicted molar refractivity (Wildman–Crippen MR) is 110 cm³/mol. The van der Waals surface area contributed by atoms with E-state index in [9.17, 15) is 0 Å². The molecule has 3 N–H and O–H groups in total. The van der Waals surface area contributed by atoms with Gasteiger partial charge in [-0.25, -0.2) is 4.98 Å². The Labute approximate surface area is 160 Å². The Morgan fingerprint density at radius 3 is 3.00 bits per heavy atom. The van der Waals surface area contributed by atoms with Gasteiger partial charge in [-0.2, -0.15) is 10.1 Å². The number of imidazole rings is 1. The molecule has 0 aliphatic carbocycles. The van der Waals surface area contributed by atoms with E-state index >= 15 is 0 Å². The van der Waals surface area contributed by atoms with Gasteiger partial charge in [0.15, 0.2) is 5.82 Å². The molecule has 136 valence electrons. The van der Waals surface area contributed by atoms with Gasteiger partial charge in [0.1, 0.15) is 10.8 Å². The van der Waals surface area contributed by atoms with Gasteiger partial charge in [-0.05, 0) is 31.6 Å². The Morgan fingerprint density at radius 1 is 1.26 bits per heavy atom. The average Bonchev–Trinajstić information content (AvgIpc) is 3.23. The number of hydrogen-bond donors (Lipinski definition) is 2. The Morgan fingerprint density at radius 2 is 2.15 bits per heavy atom. The number of nitrogen functional groups attached to an aromatic ring is 1. The van der Waals surface area contributed by atoms with Crippen molar-refractivity contribution in [1.82, 2.24) is 20.0 Å². The molecule has 8 heteroatoms. The second kappa shape index (κ2) is 6.02. The van der Waals surface area contributed by atoms with Gasteiger partial charge in [0, 0.05) is 23.5 Å². The van der Waals surface area contributed by atoms with Crippen molar-refractivity contribution in [2.45, 2.75) is 20.4 Å². The molecular formula is C19H19N7S. The lowest BCUT2D eigenvalue weighted by Crippen LogP contribution is -2.37. The van der Waals surface area contributed by atoms with Crippen LogP contribution in [-0.2, 0) is 6.54 Å². The maximum atomic E-state index is 6.10. The Bertz CT molecular complexity index is 1170. The second-order valence-electron chi connectivity index (χ2n) is 6.68. The highest BCUT2D eigenvalue weighted by Crippen LogP contribution is 2.27. The number of thioether (sulfide) groups is 1. The Hall–Kier alpha value is -3.00. The molecule has 0 amide bonds. The number of fused-ring (bicyclic) bond motifs is 2. The first-order chi connectivity index (χ1) is 13.1. The van der Waals surface area contributed by atoms with Crippen LogP contribution in [0.5, 0.6) is 0 Å². The molecular weight excluding hydrogens is 358 g/mol. The molecule has 0 spiro atoms. The second-order valence-corrected chi connectivity index (χ2v) is 7.63. The molecule has 4 heterocycles. The lowest BCUT2D eigenvalue weighted by Gasteiger charge is -2.22. The van der Waals surface area contributed by atoms with Gasteiger partial charge in [0.25, 0.3) is 0 Å². The van der Waals surface area contributed by atoms with Crippen LogP contribution in [0.2, 0.25) is 0 Å². The van der Waals surface area contributed by atoms with E-state index in [0.717, 1.165) is 62.3 Å². The number of aromatic nitrogens is 2. The summed E-state index contributed by atoms with van der Waals surface area (Å²) >= 11 is 1.66. The van der Waals surface area contributed by atoms with Crippen molar-refractivity contribution in [3.05, 3.63) is 58.0 Å². The maximum Gasteiger partial charge on any atom is 0.210 e. The molecule has 0 bridgehead atoms. The van der Waals surface area contributed by atoms with Crippen molar-refractivity contribution in [2.24, 2.45) is 10.2 Å². The summed E-state index contributed by atoms with van der Waals surface area (Å²) in [6.07, 6.45) is 6.17. The number of benzene rings is 1. The van der Waals surface area contributed by atoms with Crippen molar-refractivity contribution < 1.29 is 0 Å². The minimum Gasteiger partial charge on any atom is -0.398 e. The zero-order chi connectivity index (χ0) is 18.5. The van der Waals surface area contributed by atoms with Gasteiger partial charge in [-0.1, -0.05) is 36.0 Å². The fourth-order valence-corrected chi connectivity index (χ4v) is 4.26. The standard InChI is InChI=1S/C19H19N7S/c1-11-6-7-13(9-14(11)20)15-10-27-19-23-22-18(26(19)24-15)17-12(2)21-16-5-3-4-8-25(16)17/h3-7,9,22H,8,10,20H2,1-2H3/b18-17-. The first-order valence-corrected chi connectivity index (χ1v) is 9.75. The molecule has 1 aromatic carbocycles. The third-order valence-electron chi connectivity index (χ3n) is 4.89. The highest BCUT2D eigenvalue weighted by atomic mass is 32.2. The Balaban J connectivity index is 1.65. The van der Waals surface area contributed by atoms with Crippen LogP contribution in [0.15, 0.2) is 40.6 Å². The molecule has 2 aromatic rings. The van der Waals surface area contributed by atoms with Gasteiger partial charge < -0.3 is 10.3 Å². The van der Waals surface area contributed by atoms with Crippen molar-refractivity contribution in [2.75, 3.05) is 11.5 Å². The van der Waals surface area contributed by atoms with E-state index < -0.39 is 0 Å². The zero-order valence-electron chi connectivity index (χ0n) is 15.1. The number of anilines is 1. The van der Waals surface area contributed by atoms with Crippen LogP contribution in [-0.4, -0.2) is 31.2 Å². The summed E-state index contributed by atoms with van der Waals surface area (Å²) in [5.41, 5.74) is 15.0. The summed E-state index contributed by atoms with van der Waals surface area (Å²) in [6.45, 7) is 4.81. The van der Waals surface area contributed by atoms with E-state index in [2.05, 4.69) is 32.2 Å². The predicted octanol–water partition coefficient (Wildman–Crippen LogP) is 0.825. The molecule has 0 saturated heterocycles. The van der Waals surface area contributed by atoms with Gasteiger partial charge >= 0.3 is 0 Å². The van der Waals surface area contributed by atoms with Gasteiger partial charge in [-0.15, -0.1) is 5.10 Å². The smallest absolute Gasteiger partial charge is 0.210 e. The Kier molecular flexibility index (Phi) is 3.61. The average molecular weight is 377 g/mol. The van der Waals surface area contributed by atoms with Crippen LogP contribution in [0.25, 0.3) is 11.9 Å². The molecule has 0 saturated carbocycles. The lowest BCUT2D eigenvalue weighted by atomic mass is 10.1. The molecule has 3 aliphatic heterocycles. The highest BCUT2D eigenvalue weighted by Gasteiger charge is 2.30. The number of nitrogens with zero attached hydrogens (tertiary/aromatic N) is 5. The number of rotatable bonds is 1. The SMILES string of the molecule is Cc1ccc(C2=NN3C(=NN/C3=c3\c(C)nc4n3CC=CC=4)SC2)cc1N. The van der Waals surface area contributed by atoms with Crippen LogP contribution in [0.1, 0.15) is 16.8 Å². The molecule has 3 aliphatic rings. The fraction of sp³-hybridized carbons (Fsp3) is 0.211. The van der Waals surface area contributed by atoms with Crippen LogP contribution in [0.3, 0.4) is 0 Å².